The van der Waals surface area contributed by atoms with Gasteiger partial charge in [0.1, 0.15) is 11.9 Å². The number of nitriles is 1. The highest BCUT2D eigenvalue weighted by molar-refractivity contribution is 6.31. The molecule has 0 amide bonds. The fourth-order valence-electron chi connectivity index (χ4n) is 2.73. The molecule has 1 aliphatic rings. The topological polar surface area (TPSA) is 98.8 Å². The minimum absolute atomic E-state index is 0.00275. The van der Waals surface area contributed by atoms with Crippen molar-refractivity contribution >= 4 is 17.4 Å². The summed E-state index contributed by atoms with van der Waals surface area (Å²) < 4.78 is 5.05. The first-order valence-electron chi connectivity index (χ1n) is 6.95. The number of nitrogens with one attached hydrogen (secondary N) is 1. The van der Waals surface area contributed by atoms with Crippen LogP contribution in [0.4, 0.5) is 5.82 Å². The molecule has 0 radical (unpaired) electrons. The Balaban J connectivity index is 1.91. The van der Waals surface area contributed by atoms with Crippen LogP contribution in [0.15, 0.2) is 15.4 Å². The summed E-state index contributed by atoms with van der Waals surface area (Å²) in [7, 11) is 0. The Hall–Kier alpha value is -2.33. The second-order valence-corrected chi connectivity index (χ2v) is 5.69. The average Bonchev–Trinajstić information content (AvgIpc) is 2.96. The molecule has 0 spiro atoms. The van der Waals surface area contributed by atoms with E-state index >= 15 is 0 Å². The van der Waals surface area contributed by atoms with Crippen molar-refractivity contribution in [3.63, 3.8) is 0 Å². The van der Waals surface area contributed by atoms with Gasteiger partial charge in [-0.25, -0.2) is 14.9 Å². The number of pyridine rings is 1. The van der Waals surface area contributed by atoms with Gasteiger partial charge in [-0.05, 0) is 25.3 Å². The van der Waals surface area contributed by atoms with Gasteiger partial charge in [0.25, 0.3) is 0 Å². The molecule has 0 saturated carbocycles. The zero-order valence-electron chi connectivity index (χ0n) is 12.0. The Morgan fingerprint density at radius 2 is 2.41 bits per heavy atom. The first kappa shape index (κ1) is 14.6. The van der Waals surface area contributed by atoms with Crippen molar-refractivity contribution < 1.29 is 4.42 Å². The van der Waals surface area contributed by atoms with Crippen LogP contribution in [0.1, 0.15) is 35.8 Å². The molecule has 0 aromatic carbocycles. The highest BCUT2D eigenvalue weighted by Crippen LogP contribution is 2.31. The first-order valence-corrected chi connectivity index (χ1v) is 7.33. The lowest BCUT2D eigenvalue weighted by atomic mass is 9.97. The van der Waals surface area contributed by atoms with E-state index in [0.717, 1.165) is 24.9 Å². The number of aromatic amines is 1. The van der Waals surface area contributed by atoms with Crippen LogP contribution in [0.25, 0.3) is 0 Å². The molecule has 114 valence electrons. The molecular weight excluding hydrogens is 306 g/mol. The third-order valence-electron chi connectivity index (χ3n) is 3.89. The van der Waals surface area contributed by atoms with Crippen molar-refractivity contribution in [2.75, 3.05) is 18.0 Å². The average molecular weight is 320 g/mol. The van der Waals surface area contributed by atoms with E-state index in [9.17, 15) is 10.1 Å². The maximum atomic E-state index is 11.1. The minimum atomic E-state index is -0.551. The van der Waals surface area contributed by atoms with Gasteiger partial charge in [0.05, 0.1) is 16.5 Å². The predicted molar refractivity (Wildman–Crippen MR) is 80.0 cm³/mol. The summed E-state index contributed by atoms with van der Waals surface area (Å²) in [4.78, 5) is 17.4. The third kappa shape index (κ3) is 2.57. The van der Waals surface area contributed by atoms with Crippen LogP contribution in [-0.2, 0) is 0 Å². The van der Waals surface area contributed by atoms with Crippen molar-refractivity contribution in [1.29, 1.82) is 5.26 Å². The smallest absolute Gasteiger partial charge is 0.392 e. The quantitative estimate of drug-likeness (QED) is 0.908. The zero-order chi connectivity index (χ0) is 15.7. The third-order valence-corrected chi connectivity index (χ3v) is 4.27. The van der Waals surface area contributed by atoms with E-state index in [4.69, 9.17) is 16.0 Å². The highest BCUT2D eigenvalue weighted by Gasteiger charge is 2.28. The molecular formula is C14H14ClN5O2. The Bertz CT molecular complexity index is 791. The fourth-order valence-corrected chi connectivity index (χ4v) is 2.87. The molecule has 8 heteroatoms. The summed E-state index contributed by atoms with van der Waals surface area (Å²) >= 11 is 6.03. The summed E-state index contributed by atoms with van der Waals surface area (Å²) in [5, 5.41) is 16.1. The lowest BCUT2D eigenvalue weighted by molar-refractivity contribution is 0.384. The van der Waals surface area contributed by atoms with Crippen molar-refractivity contribution in [2.24, 2.45) is 0 Å². The SMILES string of the molecule is Cc1c(Cl)cnc(N2CCCC(c3n[nH]c(=O)o3)C2)c1C#N. The van der Waals surface area contributed by atoms with Crippen LogP contribution in [0, 0.1) is 18.3 Å². The maximum Gasteiger partial charge on any atom is 0.434 e. The van der Waals surface area contributed by atoms with Gasteiger partial charge in [0, 0.05) is 19.3 Å². The Kier molecular flexibility index (Phi) is 3.86. The van der Waals surface area contributed by atoms with Gasteiger partial charge < -0.3 is 9.32 Å². The highest BCUT2D eigenvalue weighted by atomic mass is 35.5. The molecule has 2 aromatic rings. The largest absolute Gasteiger partial charge is 0.434 e. The van der Waals surface area contributed by atoms with Crippen LogP contribution in [0.3, 0.4) is 0 Å². The Labute approximate surface area is 131 Å². The second kappa shape index (κ2) is 5.81. The lowest BCUT2D eigenvalue weighted by Crippen LogP contribution is -2.35. The summed E-state index contributed by atoms with van der Waals surface area (Å²) in [5.74, 6) is 0.466. The van der Waals surface area contributed by atoms with Gasteiger partial charge in [0.15, 0.2) is 0 Å². The molecule has 3 rings (SSSR count). The van der Waals surface area contributed by atoms with Crippen molar-refractivity contribution in [1.82, 2.24) is 15.2 Å². The number of anilines is 1. The number of H-pyrrole nitrogens is 1. The van der Waals surface area contributed by atoms with Crippen LogP contribution in [-0.4, -0.2) is 28.3 Å². The number of piperidine rings is 1. The minimum Gasteiger partial charge on any atom is -0.392 e. The number of halogens is 1. The maximum absolute atomic E-state index is 11.1. The molecule has 3 heterocycles. The van der Waals surface area contributed by atoms with Crippen molar-refractivity contribution in [2.45, 2.75) is 25.7 Å². The molecule has 1 fully saturated rings. The van der Waals surface area contributed by atoms with Crippen molar-refractivity contribution in [3.05, 3.63) is 38.8 Å². The van der Waals surface area contributed by atoms with E-state index in [1.807, 2.05) is 4.90 Å². The van der Waals surface area contributed by atoms with E-state index in [1.54, 1.807) is 13.1 Å². The number of nitrogens with zero attached hydrogens (tertiary/aromatic N) is 4. The summed E-state index contributed by atoms with van der Waals surface area (Å²) in [6, 6.07) is 2.18. The number of hydrogen-bond acceptors (Lipinski definition) is 6. The molecule has 7 nitrogen and oxygen atoms in total. The zero-order valence-corrected chi connectivity index (χ0v) is 12.7. The lowest BCUT2D eigenvalue weighted by Gasteiger charge is -2.32. The van der Waals surface area contributed by atoms with Gasteiger partial charge >= 0.3 is 5.76 Å². The van der Waals surface area contributed by atoms with Crippen molar-refractivity contribution in [3.8, 4) is 6.07 Å². The van der Waals surface area contributed by atoms with Gasteiger partial charge in [-0.3, -0.25) is 0 Å². The van der Waals surface area contributed by atoms with E-state index < -0.39 is 5.76 Å². The van der Waals surface area contributed by atoms with E-state index in [2.05, 4.69) is 21.3 Å². The van der Waals surface area contributed by atoms with Gasteiger partial charge in [-0.1, -0.05) is 11.6 Å². The molecule has 1 unspecified atom stereocenters. The number of hydrogen-bond donors (Lipinski definition) is 1. The van der Waals surface area contributed by atoms with Gasteiger partial charge in [0.2, 0.25) is 5.89 Å². The molecule has 1 saturated heterocycles. The van der Waals surface area contributed by atoms with Crippen LogP contribution in [0.2, 0.25) is 5.02 Å². The molecule has 0 aliphatic carbocycles. The monoisotopic (exact) mass is 319 g/mol. The van der Waals surface area contributed by atoms with E-state index in [0.29, 0.717) is 28.8 Å². The van der Waals surface area contributed by atoms with E-state index in [-0.39, 0.29) is 5.92 Å². The van der Waals surface area contributed by atoms with Crippen LogP contribution >= 0.6 is 11.6 Å². The van der Waals surface area contributed by atoms with Crippen LogP contribution in [0.5, 0.6) is 0 Å². The summed E-state index contributed by atoms with van der Waals surface area (Å²) in [6.07, 6.45) is 3.33. The first-order chi connectivity index (χ1) is 10.6. The number of rotatable bonds is 2. The van der Waals surface area contributed by atoms with Crippen LogP contribution < -0.4 is 10.7 Å². The fraction of sp³-hybridized carbons (Fsp3) is 0.429. The Morgan fingerprint density at radius 1 is 1.59 bits per heavy atom. The number of aromatic nitrogens is 3. The normalized spacial score (nSPS) is 18.2. The Morgan fingerprint density at radius 3 is 3.09 bits per heavy atom. The van der Waals surface area contributed by atoms with Gasteiger partial charge in [-0.15, -0.1) is 5.10 Å². The molecule has 0 bridgehead atoms. The molecule has 1 atom stereocenters. The predicted octanol–water partition coefficient (Wildman–Crippen LogP) is 1.98. The molecule has 2 aromatic heterocycles. The summed E-state index contributed by atoms with van der Waals surface area (Å²) in [5.41, 5.74) is 1.21. The molecule has 1 N–H and O–H groups in total. The van der Waals surface area contributed by atoms with Gasteiger partial charge in [-0.2, -0.15) is 5.26 Å². The molecule has 22 heavy (non-hydrogen) atoms. The standard InChI is InChI=1S/C14H14ClN5O2/c1-8-10(5-16)12(17-6-11(8)15)20-4-2-3-9(7-20)13-18-19-14(21)22-13/h6,9H,2-4,7H2,1H3,(H,19,21). The van der Waals surface area contributed by atoms with E-state index in [1.165, 1.54) is 0 Å². The molecule has 1 aliphatic heterocycles. The second-order valence-electron chi connectivity index (χ2n) is 5.28. The summed E-state index contributed by atoms with van der Waals surface area (Å²) in [6.45, 7) is 3.19.